The number of benzene rings is 3. The molecule has 0 unspecified atom stereocenters. The van der Waals surface area contributed by atoms with Crippen molar-refractivity contribution in [3.05, 3.63) is 83.2 Å². The van der Waals surface area contributed by atoms with Gasteiger partial charge >= 0.3 is 0 Å². The lowest BCUT2D eigenvalue weighted by Crippen LogP contribution is -2.17. The summed E-state index contributed by atoms with van der Waals surface area (Å²) in [6, 6.07) is 15.0. The van der Waals surface area contributed by atoms with E-state index in [2.05, 4.69) is 10.0 Å². The minimum absolute atomic E-state index is 0.0704. The molecule has 3 aromatic rings. The van der Waals surface area contributed by atoms with Crippen LogP contribution in [0.1, 0.15) is 28.4 Å². The third kappa shape index (κ3) is 5.40. The van der Waals surface area contributed by atoms with Gasteiger partial charge in [0.05, 0.1) is 22.8 Å². The summed E-state index contributed by atoms with van der Waals surface area (Å²) in [5, 5.41) is 2.55. The molecule has 0 saturated heterocycles. The third-order valence-corrected chi connectivity index (χ3v) is 5.78. The maximum atomic E-state index is 14.0. The Hall–Kier alpha value is -3.39. The molecule has 162 valence electrons. The van der Waals surface area contributed by atoms with Crippen molar-refractivity contribution >= 4 is 27.3 Å². The van der Waals surface area contributed by atoms with Crippen molar-refractivity contribution in [2.75, 3.05) is 16.6 Å². The number of ether oxygens (including phenoxy) is 1. The van der Waals surface area contributed by atoms with Gasteiger partial charge in [0.2, 0.25) is 0 Å². The monoisotopic (exact) mass is 442 g/mol. The van der Waals surface area contributed by atoms with Gasteiger partial charge in [0.25, 0.3) is 15.9 Å². The topological polar surface area (TPSA) is 84.5 Å². The van der Waals surface area contributed by atoms with Crippen molar-refractivity contribution in [2.24, 2.45) is 0 Å². The first-order valence-electron chi connectivity index (χ1n) is 9.63. The van der Waals surface area contributed by atoms with Crippen molar-refractivity contribution in [3.8, 4) is 5.75 Å². The Kier molecular flexibility index (Phi) is 6.60. The highest BCUT2D eigenvalue weighted by Gasteiger charge is 2.19. The van der Waals surface area contributed by atoms with Crippen LogP contribution >= 0.6 is 0 Å². The molecule has 6 nitrogen and oxygen atoms in total. The Morgan fingerprint density at radius 3 is 2.32 bits per heavy atom. The summed E-state index contributed by atoms with van der Waals surface area (Å²) < 4.78 is 47.9. The van der Waals surface area contributed by atoms with Crippen LogP contribution < -0.4 is 14.8 Å². The van der Waals surface area contributed by atoms with Gasteiger partial charge in [-0.15, -0.1) is 0 Å². The highest BCUT2D eigenvalue weighted by atomic mass is 32.2. The molecule has 0 spiro atoms. The summed E-state index contributed by atoms with van der Waals surface area (Å²) in [5.41, 5.74) is 2.23. The lowest BCUT2D eigenvalue weighted by molar-refractivity contribution is 0.102. The third-order valence-electron chi connectivity index (χ3n) is 4.40. The molecule has 8 heteroatoms. The maximum Gasteiger partial charge on any atom is 0.261 e. The average molecular weight is 443 g/mol. The standard InChI is InChI=1S/C23H23FN2O4S/c1-4-30-22-10-9-18(31(28,29)26-17-12-15(2)11-16(3)13-17)14-21(22)25-23(27)19-7-5-6-8-20(19)24/h5-14,26H,4H2,1-3H3,(H,25,27). The van der Waals surface area contributed by atoms with E-state index in [-0.39, 0.29) is 21.9 Å². The first-order valence-corrected chi connectivity index (χ1v) is 11.1. The summed E-state index contributed by atoms with van der Waals surface area (Å²) in [6.07, 6.45) is 0. The molecule has 0 fully saturated rings. The van der Waals surface area contributed by atoms with Gasteiger partial charge < -0.3 is 10.1 Å². The summed E-state index contributed by atoms with van der Waals surface area (Å²) in [6.45, 7) is 5.81. The van der Waals surface area contributed by atoms with E-state index in [1.54, 1.807) is 19.1 Å². The Bertz CT molecular complexity index is 1210. The zero-order valence-electron chi connectivity index (χ0n) is 17.4. The summed E-state index contributed by atoms with van der Waals surface area (Å²) >= 11 is 0. The highest BCUT2D eigenvalue weighted by molar-refractivity contribution is 7.92. The number of hydrogen-bond acceptors (Lipinski definition) is 4. The summed E-state index contributed by atoms with van der Waals surface area (Å²) in [7, 11) is -3.94. The van der Waals surface area contributed by atoms with Gasteiger partial charge in [-0.25, -0.2) is 12.8 Å². The lowest BCUT2D eigenvalue weighted by Gasteiger charge is -2.15. The van der Waals surface area contributed by atoms with E-state index < -0.39 is 21.7 Å². The number of aryl methyl sites for hydroxylation is 2. The molecule has 0 aliphatic heterocycles. The minimum Gasteiger partial charge on any atom is -0.492 e. The second-order valence-electron chi connectivity index (χ2n) is 7.01. The maximum absolute atomic E-state index is 14.0. The zero-order valence-corrected chi connectivity index (χ0v) is 18.2. The van der Waals surface area contributed by atoms with E-state index in [1.807, 2.05) is 19.9 Å². The molecule has 31 heavy (non-hydrogen) atoms. The van der Waals surface area contributed by atoms with E-state index >= 15 is 0 Å². The Morgan fingerprint density at radius 2 is 1.68 bits per heavy atom. The van der Waals surface area contributed by atoms with Crippen LogP contribution in [0.15, 0.2) is 65.6 Å². The van der Waals surface area contributed by atoms with Crippen molar-refractivity contribution in [1.29, 1.82) is 0 Å². The molecule has 0 atom stereocenters. The predicted molar refractivity (Wildman–Crippen MR) is 119 cm³/mol. The number of sulfonamides is 1. The Morgan fingerprint density at radius 1 is 1.00 bits per heavy atom. The Balaban J connectivity index is 1.95. The van der Waals surface area contributed by atoms with Crippen LogP contribution in [-0.4, -0.2) is 20.9 Å². The Labute approximate surface area is 181 Å². The fourth-order valence-corrected chi connectivity index (χ4v) is 4.20. The first-order chi connectivity index (χ1) is 14.7. The van der Waals surface area contributed by atoms with Gasteiger partial charge in [-0.05, 0) is 74.4 Å². The molecular weight excluding hydrogens is 419 g/mol. The van der Waals surface area contributed by atoms with Crippen molar-refractivity contribution in [1.82, 2.24) is 0 Å². The highest BCUT2D eigenvalue weighted by Crippen LogP contribution is 2.30. The van der Waals surface area contributed by atoms with Gasteiger partial charge in [-0.1, -0.05) is 18.2 Å². The molecule has 0 aromatic heterocycles. The van der Waals surface area contributed by atoms with Gasteiger partial charge in [0.15, 0.2) is 0 Å². The van der Waals surface area contributed by atoms with Crippen molar-refractivity contribution in [3.63, 3.8) is 0 Å². The summed E-state index contributed by atoms with van der Waals surface area (Å²) in [5.74, 6) is -1.12. The lowest BCUT2D eigenvalue weighted by atomic mass is 10.1. The normalized spacial score (nSPS) is 11.1. The quantitative estimate of drug-likeness (QED) is 0.545. The molecular formula is C23H23FN2O4S. The predicted octanol–water partition coefficient (Wildman–Crippen LogP) is 4.89. The second kappa shape index (κ2) is 9.18. The van der Waals surface area contributed by atoms with E-state index in [0.717, 1.165) is 11.1 Å². The number of rotatable bonds is 7. The van der Waals surface area contributed by atoms with Gasteiger partial charge in [0.1, 0.15) is 11.6 Å². The molecule has 2 N–H and O–H groups in total. The molecule has 0 saturated carbocycles. The van der Waals surface area contributed by atoms with Crippen LogP contribution in [0.25, 0.3) is 0 Å². The van der Waals surface area contributed by atoms with Gasteiger partial charge in [-0.2, -0.15) is 0 Å². The molecule has 0 aliphatic rings. The minimum atomic E-state index is -3.94. The molecule has 0 aliphatic carbocycles. The average Bonchev–Trinajstić information content (AvgIpc) is 2.68. The second-order valence-corrected chi connectivity index (χ2v) is 8.69. The largest absolute Gasteiger partial charge is 0.492 e. The van der Waals surface area contributed by atoms with E-state index in [0.29, 0.717) is 12.3 Å². The number of carbonyl (C=O) groups excluding carboxylic acids is 1. The molecule has 3 aromatic carbocycles. The van der Waals surface area contributed by atoms with Crippen LogP contribution in [-0.2, 0) is 10.0 Å². The van der Waals surface area contributed by atoms with Crippen LogP contribution in [0.2, 0.25) is 0 Å². The van der Waals surface area contributed by atoms with E-state index in [9.17, 15) is 17.6 Å². The SMILES string of the molecule is CCOc1ccc(S(=O)(=O)Nc2cc(C)cc(C)c2)cc1NC(=O)c1ccccc1F. The molecule has 0 radical (unpaired) electrons. The number of nitrogens with one attached hydrogen (secondary N) is 2. The number of hydrogen-bond donors (Lipinski definition) is 2. The molecule has 3 rings (SSSR count). The van der Waals surface area contributed by atoms with Gasteiger partial charge in [0, 0.05) is 5.69 Å². The van der Waals surface area contributed by atoms with Crippen LogP contribution in [0.4, 0.5) is 15.8 Å². The fraction of sp³-hybridized carbons (Fsp3) is 0.174. The number of carbonyl (C=O) groups is 1. The number of amides is 1. The van der Waals surface area contributed by atoms with E-state index in [4.69, 9.17) is 4.74 Å². The zero-order chi connectivity index (χ0) is 22.6. The van der Waals surface area contributed by atoms with E-state index in [1.165, 1.54) is 42.5 Å². The van der Waals surface area contributed by atoms with Crippen LogP contribution in [0, 0.1) is 19.7 Å². The molecule has 0 bridgehead atoms. The van der Waals surface area contributed by atoms with Crippen molar-refractivity contribution in [2.45, 2.75) is 25.7 Å². The number of halogens is 1. The summed E-state index contributed by atoms with van der Waals surface area (Å²) in [4.78, 5) is 12.5. The van der Waals surface area contributed by atoms with Crippen LogP contribution in [0.3, 0.4) is 0 Å². The van der Waals surface area contributed by atoms with Crippen LogP contribution in [0.5, 0.6) is 5.75 Å². The molecule has 0 heterocycles. The molecule has 1 amide bonds. The van der Waals surface area contributed by atoms with Gasteiger partial charge in [-0.3, -0.25) is 9.52 Å². The first kappa shape index (κ1) is 22.3. The number of anilines is 2. The van der Waals surface area contributed by atoms with Crippen molar-refractivity contribution < 1.29 is 22.3 Å². The fourth-order valence-electron chi connectivity index (χ4n) is 3.14. The smallest absolute Gasteiger partial charge is 0.261 e.